The maximum absolute atomic E-state index is 13.1. The highest BCUT2D eigenvalue weighted by Crippen LogP contribution is 2.21. The van der Waals surface area contributed by atoms with Crippen molar-refractivity contribution in [3.8, 4) is 5.82 Å². The Morgan fingerprint density at radius 1 is 1.18 bits per heavy atom. The van der Waals surface area contributed by atoms with Crippen LogP contribution in [0, 0.1) is 13.8 Å². The molecular formula is C20H22ClN5OS. The molecule has 0 atom stereocenters. The van der Waals surface area contributed by atoms with E-state index in [0.717, 1.165) is 31.0 Å². The summed E-state index contributed by atoms with van der Waals surface area (Å²) in [5.74, 6) is 0.485. The molecule has 0 N–H and O–H groups in total. The van der Waals surface area contributed by atoms with Gasteiger partial charge in [0, 0.05) is 43.3 Å². The van der Waals surface area contributed by atoms with Gasteiger partial charge in [0.2, 0.25) is 0 Å². The molecule has 0 aromatic carbocycles. The van der Waals surface area contributed by atoms with E-state index in [-0.39, 0.29) is 5.91 Å². The molecule has 0 unspecified atom stereocenters. The van der Waals surface area contributed by atoms with Crippen molar-refractivity contribution in [2.45, 2.75) is 20.4 Å². The second-order valence-electron chi connectivity index (χ2n) is 6.99. The second-order valence-corrected chi connectivity index (χ2v) is 8.43. The Bertz CT molecular complexity index is 977. The van der Waals surface area contributed by atoms with Gasteiger partial charge in [-0.15, -0.1) is 11.3 Å². The maximum Gasteiger partial charge on any atom is 0.274 e. The van der Waals surface area contributed by atoms with Crippen LogP contribution in [0.3, 0.4) is 0 Å². The van der Waals surface area contributed by atoms with Gasteiger partial charge in [0.1, 0.15) is 5.69 Å². The van der Waals surface area contributed by atoms with E-state index in [1.165, 1.54) is 4.88 Å². The summed E-state index contributed by atoms with van der Waals surface area (Å²) in [6.07, 6.45) is 0. The third-order valence-corrected chi connectivity index (χ3v) is 6.05. The number of halogens is 1. The minimum absolute atomic E-state index is 0.121. The lowest BCUT2D eigenvalue weighted by molar-refractivity contribution is 0.0624. The van der Waals surface area contributed by atoms with Crippen molar-refractivity contribution in [3.63, 3.8) is 0 Å². The third-order valence-electron chi connectivity index (χ3n) is 4.88. The van der Waals surface area contributed by atoms with Gasteiger partial charge in [-0.1, -0.05) is 17.7 Å². The van der Waals surface area contributed by atoms with Crippen molar-refractivity contribution in [2.24, 2.45) is 0 Å². The van der Waals surface area contributed by atoms with Crippen molar-refractivity contribution < 1.29 is 4.79 Å². The number of thiophene rings is 1. The van der Waals surface area contributed by atoms with E-state index < -0.39 is 0 Å². The molecule has 0 spiro atoms. The van der Waals surface area contributed by atoms with Crippen molar-refractivity contribution in [1.29, 1.82) is 0 Å². The first-order valence-electron chi connectivity index (χ1n) is 9.25. The van der Waals surface area contributed by atoms with Gasteiger partial charge in [-0.05, 0) is 43.5 Å². The Morgan fingerprint density at radius 3 is 2.61 bits per heavy atom. The van der Waals surface area contributed by atoms with Crippen LogP contribution >= 0.6 is 22.9 Å². The molecule has 8 heteroatoms. The number of aryl methyl sites for hydroxylation is 2. The molecule has 1 fully saturated rings. The SMILES string of the molecule is Cc1cc(C)n(-c2ccc(Cl)c(C(=O)N3CCN(Cc4cccs4)CC3)n2)n1. The number of hydrogen-bond donors (Lipinski definition) is 0. The Hall–Kier alpha value is -2.22. The lowest BCUT2D eigenvalue weighted by Gasteiger charge is -2.34. The number of amides is 1. The molecule has 0 bridgehead atoms. The van der Waals surface area contributed by atoms with Gasteiger partial charge in [0.15, 0.2) is 5.82 Å². The number of pyridine rings is 1. The van der Waals surface area contributed by atoms with E-state index in [1.54, 1.807) is 28.2 Å². The predicted molar refractivity (Wildman–Crippen MR) is 111 cm³/mol. The number of hydrogen-bond acceptors (Lipinski definition) is 5. The zero-order valence-electron chi connectivity index (χ0n) is 15.9. The molecule has 1 saturated heterocycles. The Morgan fingerprint density at radius 2 is 1.96 bits per heavy atom. The summed E-state index contributed by atoms with van der Waals surface area (Å²) in [6, 6.07) is 9.71. The largest absolute Gasteiger partial charge is 0.335 e. The highest BCUT2D eigenvalue weighted by atomic mass is 35.5. The van der Waals surface area contributed by atoms with Gasteiger partial charge >= 0.3 is 0 Å². The molecule has 0 saturated carbocycles. The van der Waals surface area contributed by atoms with Crippen LogP contribution in [-0.2, 0) is 6.54 Å². The minimum Gasteiger partial charge on any atom is -0.335 e. The average molecular weight is 416 g/mol. The summed E-state index contributed by atoms with van der Waals surface area (Å²) in [6.45, 7) is 7.87. The molecule has 0 aliphatic carbocycles. The molecule has 146 valence electrons. The minimum atomic E-state index is -0.121. The Labute approximate surface area is 173 Å². The molecule has 0 radical (unpaired) electrons. The summed E-state index contributed by atoms with van der Waals surface area (Å²) in [7, 11) is 0. The van der Waals surface area contributed by atoms with E-state index in [1.807, 2.05) is 24.8 Å². The van der Waals surface area contributed by atoms with E-state index in [2.05, 4.69) is 32.5 Å². The topological polar surface area (TPSA) is 54.3 Å². The van der Waals surface area contributed by atoms with Crippen LogP contribution in [0.4, 0.5) is 0 Å². The average Bonchev–Trinajstić information content (AvgIpc) is 3.31. The highest BCUT2D eigenvalue weighted by Gasteiger charge is 2.25. The fourth-order valence-electron chi connectivity index (χ4n) is 3.44. The summed E-state index contributed by atoms with van der Waals surface area (Å²) in [5.41, 5.74) is 2.16. The van der Waals surface area contributed by atoms with Crippen LogP contribution in [0.5, 0.6) is 0 Å². The van der Waals surface area contributed by atoms with Crippen LogP contribution < -0.4 is 0 Å². The molecule has 3 aromatic heterocycles. The molecule has 6 nitrogen and oxygen atoms in total. The van der Waals surface area contributed by atoms with Gasteiger partial charge in [0.25, 0.3) is 5.91 Å². The number of aromatic nitrogens is 3. The van der Waals surface area contributed by atoms with Gasteiger partial charge in [0.05, 0.1) is 10.7 Å². The first-order chi connectivity index (χ1) is 13.5. The number of piperazine rings is 1. The zero-order valence-corrected chi connectivity index (χ0v) is 17.5. The van der Waals surface area contributed by atoms with Gasteiger partial charge in [-0.2, -0.15) is 5.10 Å². The van der Waals surface area contributed by atoms with Crippen molar-refractivity contribution in [2.75, 3.05) is 26.2 Å². The van der Waals surface area contributed by atoms with E-state index >= 15 is 0 Å². The summed E-state index contributed by atoms with van der Waals surface area (Å²) in [5, 5.41) is 6.92. The molecule has 4 heterocycles. The number of nitrogens with zero attached hydrogens (tertiary/aromatic N) is 5. The predicted octanol–water partition coefficient (Wildman–Crippen LogP) is 3.56. The maximum atomic E-state index is 13.1. The quantitative estimate of drug-likeness (QED) is 0.653. The summed E-state index contributed by atoms with van der Waals surface area (Å²) < 4.78 is 1.74. The van der Waals surface area contributed by atoms with Crippen molar-refractivity contribution >= 4 is 28.8 Å². The van der Waals surface area contributed by atoms with Crippen LogP contribution in [0.1, 0.15) is 26.8 Å². The lowest BCUT2D eigenvalue weighted by atomic mass is 10.2. The monoisotopic (exact) mass is 415 g/mol. The van der Waals surface area contributed by atoms with E-state index in [0.29, 0.717) is 29.6 Å². The van der Waals surface area contributed by atoms with Crippen LogP contribution in [0.25, 0.3) is 5.82 Å². The normalized spacial score (nSPS) is 15.2. The summed E-state index contributed by atoms with van der Waals surface area (Å²) in [4.78, 5) is 23.1. The first kappa shape index (κ1) is 19.1. The van der Waals surface area contributed by atoms with Crippen molar-refractivity contribution in [1.82, 2.24) is 24.6 Å². The zero-order chi connectivity index (χ0) is 19.7. The van der Waals surface area contributed by atoms with Gasteiger partial charge < -0.3 is 4.90 Å². The van der Waals surface area contributed by atoms with Crippen LogP contribution in [0.2, 0.25) is 5.02 Å². The third kappa shape index (κ3) is 3.97. The molecule has 1 aliphatic heterocycles. The molecule has 28 heavy (non-hydrogen) atoms. The number of rotatable bonds is 4. The lowest BCUT2D eigenvalue weighted by Crippen LogP contribution is -2.48. The molecule has 1 amide bonds. The standard InChI is InChI=1S/C20H22ClN5OS/c1-14-12-15(2)26(23-14)18-6-5-17(21)19(22-18)20(27)25-9-7-24(8-10-25)13-16-4-3-11-28-16/h3-6,11-12H,7-10,13H2,1-2H3. The Kier molecular flexibility index (Phi) is 5.48. The van der Waals surface area contributed by atoms with Crippen LogP contribution in [0.15, 0.2) is 35.7 Å². The molecule has 4 rings (SSSR count). The first-order valence-corrected chi connectivity index (χ1v) is 10.5. The molecular weight excluding hydrogens is 394 g/mol. The van der Waals surface area contributed by atoms with Gasteiger partial charge in [-0.25, -0.2) is 9.67 Å². The highest BCUT2D eigenvalue weighted by molar-refractivity contribution is 7.09. The summed E-state index contributed by atoms with van der Waals surface area (Å²) >= 11 is 8.08. The fourth-order valence-corrected chi connectivity index (χ4v) is 4.37. The number of carbonyl (C=O) groups excluding carboxylic acids is 1. The molecule has 1 aliphatic rings. The molecule has 3 aromatic rings. The van der Waals surface area contributed by atoms with Gasteiger partial charge in [-0.3, -0.25) is 9.69 Å². The van der Waals surface area contributed by atoms with Crippen LogP contribution in [-0.4, -0.2) is 56.7 Å². The van der Waals surface area contributed by atoms with Crippen molar-refractivity contribution in [3.05, 3.63) is 62.7 Å². The smallest absolute Gasteiger partial charge is 0.274 e. The second kappa shape index (κ2) is 8.03. The number of carbonyl (C=O) groups is 1. The Balaban J connectivity index is 1.47. The van der Waals surface area contributed by atoms with E-state index in [4.69, 9.17) is 11.6 Å². The fraction of sp³-hybridized carbons (Fsp3) is 0.350. The van der Waals surface area contributed by atoms with E-state index in [9.17, 15) is 4.79 Å².